The number of ether oxygens (including phenoxy) is 1. The van der Waals surface area contributed by atoms with Crippen LogP contribution in [0.15, 0.2) is 42.5 Å². The standard InChI is InChI=1S/C26H34ClN3O/c1-26(2,3)22-7-4-8-23-25(22)29-24(18-31-21-11-9-20(27)10-12-21)30(23)17-5-6-19-13-15-28-16-14-19/h4,7-12,19,28H,5-6,13-18H2,1-3H3. The van der Waals surface area contributed by atoms with Gasteiger partial charge in [-0.2, -0.15) is 0 Å². The Bertz CT molecular complexity index is 998. The van der Waals surface area contributed by atoms with Crippen LogP contribution in [0.2, 0.25) is 5.02 Å². The molecule has 1 aromatic heterocycles. The summed E-state index contributed by atoms with van der Waals surface area (Å²) >= 11 is 6.01. The molecule has 1 saturated heterocycles. The molecule has 0 bridgehead atoms. The molecule has 0 atom stereocenters. The van der Waals surface area contributed by atoms with Crippen molar-refractivity contribution >= 4 is 22.6 Å². The number of nitrogens with zero attached hydrogens (tertiary/aromatic N) is 2. The van der Waals surface area contributed by atoms with Crippen molar-refractivity contribution in [1.29, 1.82) is 0 Å². The largest absolute Gasteiger partial charge is 0.486 e. The lowest BCUT2D eigenvalue weighted by atomic mass is 9.86. The molecule has 4 rings (SSSR count). The van der Waals surface area contributed by atoms with Gasteiger partial charge in [0.15, 0.2) is 0 Å². The molecule has 166 valence electrons. The number of aromatic nitrogens is 2. The number of aryl methyl sites for hydroxylation is 1. The van der Waals surface area contributed by atoms with Gasteiger partial charge in [0.2, 0.25) is 0 Å². The molecule has 2 heterocycles. The maximum Gasteiger partial charge on any atom is 0.148 e. The highest BCUT2D eigenvalue weighted by molar-refractivity contribution is 6.30. The van der Waals surface area contributed by atoms with E-state index in [9.17, 15) is 0 Å². The predicted octanol–water partition coefficient (Wildman–Crippen LogP) is 6.35. The first kappa shape index (κ1) is 22.2. The van der Waals surface area contributed by atoms with Gasteiger partial charge in [-0.15, -0.1) is 0 Å². The molecule has 31 heavy (non-hydrogen) atoms. The zero-order valence-corrected chi connectivity index (χ0v) is 19.7. The average Bonchev–Trinajstić information content (AvgIpc) is 3.11. The Kier molecular flexibility index (Phi) is 6.88. The van der Waals surface area contributed by atoms with Crippen LogP contribution in [0.3, 0.4) is 0 Å². The third-order valence-corrected chi connectivity index (χ3v) is 6.55. The Labute approximate surface area is 191 Å². The van der Waals surface area contributed by atoms with Gasteiger partial charge in [-0.05, 0) is 86.0 Å². The number of fused-ring (bicyclic) bond motifs is 1. The molecule has 5 heteroatoms. The third kappa shape index (κ3) is 5.42. The Morgan fingerprint density at radius 1 is 1.10 bits per heavy atom. The summed E-state index contributed by atoms with van der Waals surface area (Å²) in [6.45, 7) is 10.5. The number of hydrogen-bond donors (Lipinski definition) is 1. The first-order chi connectivity index (χ1) is 14.9. The molecular formula is C26H34ClN3O. The van der Waals surface area contributed by atoms with Gasteiger partial charge in [-0.1, -0.05) is 44.5 Å². The maximum atomic E-state index is 6.09. The summed E-state index contributed by atoms with van der Waals surface area (Å²) in [6.07, 6.45) is 5.04. The van der Waals surface area contributed by atoms with Crippen molar-refractivity contribution in [2.75, 3.05) is 13.1 Å². The van der Waals surface area contributed by atoms with E-state index in [1.165, 1.54) is 36.8 Å². The van der Waals surface area contributed by atoms with E-state index in [1.54, 1.807) is 0 Å². The van der Waals surface area contributed by atoms with E-state index in [1.807, 2.05) is 24.3 Å². The number of hydrogen-bond acceptors (Lipinski definition) is 3. The number of imidazole rings is 1. The highest BCUT2D eigenvalue weighted by Gasteiger charge is 2.22. The van der Waals surface area contributed by atoms with Gasteiger partial charge >= 0.3 is 0 Å². The second kappa shape index (κ2) is 9.62. The molecule has 1 N–H and O–H groups in total. The molecule has 1 aliphatic heterocycles. The molecule has 4 nitrogen and oxygen atoms in total. The minimum absolute atomic E-state index is 0.0437. The highest BCUT2D eigenvalue weighted by atomic mass is 35.5. The Morgan fingerprint density at radius 3 is 2.55 bits per heavy atom. The molecule has 0 spiro atoms. The third-order valence-electron chi connectivity index (χ3n) is 6.30. The monoisotopic (exact) mass is 439 g/mol. The topological polar surface area (TPSA) is 39.1 Å². The maximum absolute atomic E-state index is 6.09. The molecule has 3 aromatic rings. The highest BCUT2D eigenvalue weighted by Crippen LogP contribution is 2.31. The number of piperidine rings is 1. The van der Waals surface area contributed by atoms with Crippen LogP contribution in [-0.2, 0) is 18.6 Å². The number of para-hydroxylation sites is 1. The average molecular weight is 440 g/mol. The number of nitrogens with one attached hydrogen (secondary N) is 1. The fourth-order valence-electron chi connectivity index (χ4n) is 4.55. The van der Waals surface area contributed by atoms with Crippen LogP contribution in [-0.4, -0.2) is 22.6 Å². The zero-order chi connectivity index (χ0) is 21.8. The van der Waals surface area contributed by atoms with Gasteiger partial charge in [0.25, 0.3) is 0 Å². The van der Waals surface area contributed by atoms with Crippen molar-refractivity contribution in [3.05, 3.63) is 58.9 Å². The van der Waals surface area contributed by atoms with Crippen molar-refractivity contribution < 1.29 is 4.74 Å². The summed E-state index contributed by atoms with van der Waals surface area (Å²) in [4.78, 5) is 5.08. The van der Waals surface area contributed by atoms with Crippen LogP contribution in [0.5, 0.6) is 5.75 Å². The summed E-state index contributed by atoms with van der Waals surface area (Å²) in [6, 6.07) is 14.1. The fraction of sp³-hybridized carbons (Fsp3) is 0.500. The number of halogens is 1. The Hall–Kier alpha value is -2.04. The van der Waals surface area contributed by atoms with Gasteiger partial charge in [0.05, 0.1) is 11.0 Å². The summed E-state index contributed by atoms with van der Waals surface area (Å²) in [7, 11) is 0. The predicted molar refractivity (Wildman–Crippen MR) is 129 cm³/mol. The van der Waals surface area contributed by atoms with E-state index in [0.29, 0.717) is 11.6 Å². The summed E-state index contributed by atoms with van der Waals surface area (Å²) in [5, 5.41) is 4.18. The molecule has 1 fully saturated rings. The second-order valence-electron chi connectivity index (χ2n) is 9.68. The first-order valence-corrected chi connectivity index (χ1v) is 11.9. The minimum Gasteiger partial charge on any atom is -0.486 e. The van der Waals surface area contributed by atoms with Gasteiger partial charge < -0.3 is 14.6 Å². The summed E-state index contributed by atoms with van der Waals surface area (Å²) in [5.74, 6) is 2.65. The van der Waals surface area contributed by atoms with Crippen LogP contribution >= 0.6 is 11.6 Å². The SMILES string of the molecule is CC(C)(C)c1cccc2c1nc(COc1ccc(Cl)cc1)n2CCCC1CCNCC1. The molecular weight excluding hydrogens is 406 g/mol. The quantitative estimate of drug-likeness (QED) is 0.466. The number of benzene rings is 2. The van der Waals surface area contributed by atoms with Crippen molar-refractivity contribution in [2.24, 2.45) is 5.92 Å². The van der Waals surface area contributed by atoms with Gasteiger partial charge in [-0.25, -0.2) is 4.98 Å². The normalized spacial score (nSPS) is 15.5. The van der Waals surface area contributed by atoms with Gasteiger partial charge in [0, 0.05) is 11.6 Å². The van der Waals surface area contributed by atoms with Crippen molar-refractivity contribution in [2.45, 2.75) is 65.0 Å². The number of rotatable bonds is 7. The van der Waals surface area contributed by atoms with E-state index in [0.717, 1.165) is 42.6 Å². The van der Waals surface area contributed by atoms with E-state index in [2.05, 4.69) is 48.9 Å². The van der Waals surface area contributed by atoms with E-state index in [4.69, 9.17) is 21.3 Å². The van der Waals surface area contributed by atoms with Crippen molar-refractivity contribution in [3.8, 4) is 5.75 Å². The Morgan fingerprint density at radius 2 is 1.84 bits per heavy atom. The molecule has 0 aliphatic carbocycles. The lowest BCUT2D eigenvalue weighted by Gasteiger charge is -2.22. The first-order valence-electron chi connectivity index (χ1n) is 11.5. The lowest BCUT2D eigenvalue weighted by Crippen LogP contribution is -2.27. The molecule has 1 aliphatic rings. The van der Waals surface area contributed by atoms with Crippen LogP contribution < -0.4 is 10.1 Å². The summed E-state index contributed by atoms with van der Waals surface area (Å²) in [5.41, 5.74) is 3.65. The summed E-state index contributed by atoms with van der Waals surface area (Å²) < 4.78 is 8.47. The van der Waals surface area contributed by atoms with E-state index in [-0.39, 0.29) is 5.41 Å². The molecule has 0 unspecified atom stereocenters. The molecule has 0 saturated carbocycles. The molecule has 0 amide bonds. The van der Waals surface area contributed by atoms with Crippen LogP contribution in [0, 0.1) is 5.92 Å². The smallest absolute Gasteiger partial charge is 0.148 e. The van der Waals surface area contributed by atoms with E-state index >= 15 is 0 Å². The minimum atomic E-state index is 0.0437. The van der Waals surface area contributed by atoms with Gasteiger partial charge in [-0.3, -0.25) is 0 Å². The fourth-order valence-corrected chi connectivity index (χ4v) is 4.67. The van der Waals surface area contributed by atoms with Crippen LogP contribution in [0.25, 0.3) is 11.0 Å². The Balaban J connectivity index is 1.58. The molecule has 2 aromatic carbocycles. The van der Waals surface area contributed by atoms with Gasteiger partial charge in [0.1, 0.15) is 18.2 Å². The van der Waals surface area contributed by atoms with Crippen molar-refractivity contribution in [3.63, 3.8) is 0 Å². The molecule has 0 radical (unpaired) electrons. The van der Waals surface area contributed by atoms with Crippen LogP contribution in [0.1, 0.15) is 57.8 Å². The lowest BCUT2D eigenvalue weighted by molar-refractivity contribution is 0.287. The second-order valence-corrected chi connectivity index (χ2v) is 10.1. The zero-order valence-electron chi connectivity index (χ0n) is 19.0. The van der Waals surface area contributed by atoms with E-state index < -0.39 is 0 Å². The van der Waals surface area contributed by atoms with Crippen molar-refractivity contribution in [1.82, 2.24) is 14.9 Å². The van der Waals surface area contributed by atoms with Crippen LogP contribution in [0.4, 0.5) is 0 Å².